The smallest absolute Gasteiger partial charge is 0.255 e. The van der Waals surface area contributed by atoms with E-state index in [-0.39, 0.29) is 12.7 Å². The molecule has 1 aromatic heterocycles. The molecule has 2 N–H and O–H groups in total. The Morgan fingerprint density at radius 3 is 2.71 bits per heavy atom. The second-order valence-corrected chi connectivity index (χ2v) is 7.22. The molecule has 4 aromatic rings. The van der Waals surface area contributed by atoms with Crippen molar-refractivity contribution in [3.8, 4) is 11.5 Å². The van der Waals surface area contributed by atoms with Gasteiger partial charge in [0.25, 0.3) is 5.91 Å². The minimum atomic E-state index is -0.226. The second kappa shape index (κ2) is 6.86. The predicted molar refractivity (Wildman–Crippen MR) is 110 cm³/mol. The van der Waals surface area contributed by atoms with E-state index in [4.69, 9.17) is 9.47 Å². The molecule has 7 heteroatoms. The number of nitrogens with one attached hydrogen (secondary N) is 2. The maximum absolute atomic E-state index is 12.7. The molecule has 5 rings (SSSR count). The van der Waals surface area contributed by atoms with E-state index in [1.807, 2.05) is 48.5 Å². The average Bonchev–Trinajstić information content (AvgIpc) is 3.35. The summed E-state index contributed by atoms with van der Waals surface area (Å²) in [6.07, 6.45) is 0. The van der Waals surface area contributed by atoms with Crippen LogP contribution in [-0.2, 0) is 0 Å². The van der Waals surface area contributed by atoms with Gasteiger partial charge in [0.05, 0.1) is 10.4 Å². The van der Waals surface area contributed by atoms with E-state index in [2.05, 4.69) is 15.6 Å². The molecule has 0 spiro atoms. The number of thiazole rings is 1. The molecule has 2 heterocycles. The van der Waals surface area contributed by atoms with Gasteiger partial charge in [0, 0.05) is 11.3 Å². The summed E-state index contributed by atoms with van der Waals surface area (Å²) in [5.41, 5.74) is 2.88. The van der Waals surface area contributed by atoms with Gasteiger partial charge in [-0.3, -0.25) is 4.79 Å². The fourth-order valence-corrected chi connectivity index (χ4v) is 3.89. The Hall–Kier alpha value is -3.58. The summed E-state index contributed by atoms with van der Waals surface area (Å²) in [5, 5.41) is 7.02. The molecule has 28 heavy (non-hydrogen) atoms. The van der Waals surface area contributed by atoms with Crippen molar-refractivity contribution in [2.24, 2.45) is 0 Å². The molecule has 6 nitrogen and oxygen atoms in total. The highest BCUT2D eigenvalue weighted by molar-refractivity contribution is 7.22. The summed E-state index contributed by atoms with van der Waals surface area (Å²) in [4.78, 5) is 17.4. The first-order valence-electron chi connectivity index (χ1n) is 8.69. The Labute approximate surface area is 164 Å². The van der Waals surface area contributed by atoms with E-state index in [9.17, 15) is 4.79 Å². The fraction of sp³-hybridized carbons (Fsp3) is 0.0476. The van der Waals surface area contributed by atoms with Crippen LogP contribution in [0.25, 0.3) is 10.2 Å². The van der Waals surface area contributed by atoms with E-state index in [0.717, 1.165) is 21.0 Å². The molecule has 138 valence electrons. The normalized spacial score (nSPS) is 12.1. The lowest BCUT2D eigenvalue weighted by Crippen LogP contribution is -2.12. The number of para-hydroxylation sites is 2. The Bertz CT molecular complexity index is 1170. The maximum atomic E-state index is 12.7. The lowest BCUT2D eigenvalue weighted by atomic mass is 10.2. The molecule has 1 aliphatic heterocycles. The largest absolute Gasteiger partial charge is 0.454 e. The monoisotopic (exact) mass is 389 g/mol. The Kier molecular flexibility index (Phi) is 4.06. The zero-order valence-corrected chi connectivity index (χ0v) is 15.5. The number of benzene rings is 3. The van der Waals surface area contributed by atoms with Gasteiger partial charge in [0.15, 0.2) is 16.6 Å². The molecule has 0 saturated heterocycles. The summed E-state index contributed by atoms with van der Waals surface area (Å²) in [6.45, 7) is 0.176. The van der Waals surface area contributed by atoms with Crippen LogP contribution >= 0.6 is 11.3 Å². The first-order valence-corrected chi connectivity index (χ1v) is 9.50. The van der Waals surface area contributed by atoms with Crippen LogP contribution in [0.2, 0.25) is 0 Å². The van der Waals surface area contributed by atoms with E-state index in [1.54, 1.807) is 18.2 Å². The number of nitrogens with zero attached hydrogens (tertiary/aromatic N) is 1. The maximum Gasteiger partial charge on any atom is 0.255 e. The van der Waals surface area contributed by atoms with Crippen LogP contribution in [0.3, 0.4) is 0 Å². The summed E-state index contributed by atoms with van der Waals surface area (Å²) in [7, 11) is 0. The van der Waals surface area contributed by atoms with Crippen LogP contribution in [0.5, 0.6) is 11.5 Å². The highest BCUT2D eigenvalue weighted by Crippen LogP contribution is 2.34. The number of rotatable bonds is 4. The zero-order valence-electron chi connectivity index (χ0n) is 14.6. The van der Waals surface area contributed by atoms with Crippen molar-refractivity contribution in [2.75, 3.05) is 17.4 Å². The standard InChI is InChI=1S/C21H15N3O3S/c25-20(13-9-10-16-17(11-13)27-12-26-16)23-15-7-4-8-18-19(15)24-21(28-18)22-14-5-2-1-3-6-14/h1-11H,12H2,(H,22,24)(H,23,25). The topological polar surface area (TPSA) is 72.5 Å². The zero-order chi connectivity index (χ0) is 18.9. The Morgan fingerprint density at radius 1 is 0.964 bits per heavy atom. The third kappa shape index (κ3) is 3.12. The number of amides is 1. The number of hydrogen-bond donors (Lipinski definition) is 2. The lowest BCUT2D eigenvalue weighted by molar-refractivity contribution is 0.102. The second-order valence-electron chi connectivity index (χ2n) is 6.18. The van der Waals surface area contributed by atoms with Crippen molar-refractivity contribution in [3.05, 3.63) is 72.3 Å². The van der Waals surface area contributed by atoms with Gasteiger partial charge in [0.1, 0.15) is 5.52 Å². The van der Waals surface area contributed by atoms with Crippen LogP contribution in [0.4, 0.5) is 16.5 Å². The number of carbonyl (C=O) groups excluding carboxylic acids is 1. The third-order valence-electron chi connectivity index (χ3n) is 4.33. The molecule has 0 fully saturated rings. The molecule has 1 amide bonds. The lowest BCUT2D eigenvalue weighted by Gasteiger charge is -2.06. The number of hydrogen-bond acceptors (Lipinski definition) is 6. The summed E-state index contributed by atoms with van der Waals surface area (Å²) in [6, 6.07) is 20.7. The Morgan fingerprint density at radius 2 is 1.82 bits per heavy atom. The molecule has 0 unspecified atom stereocenters. The van der Waals surface area contributed by atoms with Crippen molar-refractivity contribution in [1.82, 2.24) is 4.98 Å². The average molecular weight is 389 g/mol. The first-order chi connectivity index (χ1) is 13.8. The van der Waals surface area contributed by atoms with Gasteiger partial charge in [-0.15, -0.1) is 0 Å². The van der Waals surface area contributed by atoms with Crippen LogP contribution in [0, 0.1) is 0 Å². The van der Waals surface area contributed by atoms with Gasteiger partial charge in [-0.05, 0) is 42.5 Å². The van der Waals surface area contributed by atoms with E-state index < -0.39 is 0 Å². The van der Waals surface area contributed by atoms with Crippen molar-refractivity contribution >= 4 is 44.0 Å². The van der Waals surface area contributed by atoms with Crippen molar-refractivity contribution in [1.29, 1.82) is 0 Å². The van der Waals surface area contributed by atoms with Gasteiger partial charge >= 0.3 is 0 Å². The molecule has 0 aliphatic carbocycles. The number of ether oxygens (including phenoxy) is 2. The highest BCUT2D eigenvalue weighted by atomic mass is 32.1. The minimum absolute atomic E-state index is 0.176. The molecule has 3 aromatic carbocycles. The van der Waals surface area contributed by atoms with E-state index >= 15 is 0 Å². The van der Waals surface area contributed by atoms with Gasteiger partial charge < -0.3 is 20.1 Å². The quantitative estimate of drug-likeness (QED) is 0.513. The SMILES string of the molecule is O=C(Nc1cccc2sc(Nc3ccccc3)nc12)c1ccc2c(c1)OCO2. The summed E-state index contributed by atoms with van der Waals surface area (Å²) in [5.74, 6) is 1.00. The first kappa shape index (κ1) is 16.6. The predicted octanol–water partition coefficient (Wildman–Crippen LogP) is 5.02. The Balaban J connectivity index is 1.42. The molecule has 0 bridgehead atoms. The van der Waals surface area contributed by atoms with E-state index in [1.165, 1.54) is 11.3 Å². The molecule has 0 radical (unpaired) electrons. The van der Waals surface area contributed by atoms with Crippen LogP contribution in [-0.4, -0.2) is 17.7 Å². The number of aromatic nitrogens is 1. The number of anilines is 3. The van der Waals surface area contributed by atoms with E-state index in [0.29, 0.717) is 22.7 Å². The number of fused-ring (bicyclic) bond motifs is 2. The van der Waals surface area contributed by atoms with Crippen molar-refractivity contribution in [3.63, 3.8) is 0 Å². The summed E-state index contributed by atoms with van der Waals surface area (Å²) < 4.78 is 11.6. The fourth-order valence-electron chi connectivity index (χ4n) is 2.98. The van der Waals surface area contributed by atoms with Crippen LogP contribution in [0.1, 0.15) is 10.4 Å². The molecular weight excluding hydrogens is 374 g/mol. The molecular formula is C21H15N3O3S. The molecule has 0 atom stereocenters. The highest BCUT2D eigenvalue weighted by Gasteiger charge is 2.17. The number of carbonyl (C=O) groups is 1. The van der Waals surface area contributed by atoms with Gasteiger partial charge in [-0.1, -0.05) is 35.6 Å². The van der Waals surface area contributed by atoms with Gasteiger partial charge in [-0.25, -0.2) is 4.98 Å². The van der Waals surface area contributed by atoms with Crippen LogP contribution in [0.15, 0.2) is 66.7 Å². The van der Waals surface area contributed by atoms with Crippen molar-refractivity contribution in [2.45, 2.75) is 0 Å². The van der Waals surface area contributed by atoms with Gasteiger partial charge in [-0.2, -0.15) is 0 Å². The minimum Gasteiger partial charge on any atom is -0.454 e. The molecule has 0 saturated carbocycles. The van der Waals surface area contributed by atoms with Gasteiger partial charge in [0.2, 0.25) is 6.79 Å². The van der Waals surface area contributed by atoms with Crippen molar-refractivity contribution < 1.29 is 14.3 Å². The third-order valence-corrected chi connectivity index (χ3v) is 5.26. The summed E-state index contributed by atoms with van der Waals surface area (Å²) >= 11 is 1.54. The van der Waals surface area contributed by atoms with Crippen LogP contribution < -0.4 is 20.1 Å². The molecule has 1 aliphatic rings.